The summed E-state index contributed by atoms with van der Waals surface area (Å²) in [5, 5.41) is 0.499. The van der Waals surface area contributed by atoms with Crippen LogP contribution in [0.2, 0.25) is 5.02 Å². The van der Waals surface area contributed by atoms with Gasteiger partial charge in [0.15, 0.2) is 5.70 Å². The SMILES string of the molecule is CC(C)CCOc1ccc(/C=C2\N=C(c3cc(Cl)ccn3)OC2=O)cc1. The molecule has 26 heavy (non-hydrogen) atoms. The molecule has 0 radical (unpaired) electrons. The predicted octanol–water partition coefficient (Wildman–Crippen LogP) is 4.50. The maximum absolute atomic E-state index is 12.0. The second-order valence-corrected chi connectivity index (χ2v) is 6.73. The Bertz CT molecular complexity index is 858. The number of esters is 1. The third-order valence-electron chi connectivity index (χ3n) is 3.71. The maximum Gasteiger partial charge on any atom is 0.363 e. The minimum absolute atomic E-state index is 0.150. The molecular formula is C20H19ClN2O3. The number of cyclic esters (lactones) is 1. The zero-order valence-corrected chi connectivity index (χ0v) is 15.4. The molecule has 5 nitrogen and oxygen atoms in total. The quantitative estimate of drug-likeness (QED) is 0.554. The number of carbonyl (C=O) groups is 1. The van der Waals surface area contributed by atoms with Gasteiger partial charge in [-0.1, -0.05) is 37.6 Å². The van der Waals surface area contributed by atoms with E-state index in [1.54, 1.807) is 18.2 Å². The van der Waals surface area contributed by atoms with Crippen molar-refractivity contribution in [3.63, 3.8) is 0 Å². The highest BCUT2D eigenvalue weighted by Crippen LogP contribution is 2.21. The Morgan fingerprint density at radius 1 is 1.23 bits per heavy atom. The van der Waals surface area contributed by atoms with Crippen LogP contribution in [-0.4, -0.2) is 23.5 Å². The molecule has 0 saturated heterocycles. The lowest BCUT2D eigenvalue weighted by Gasteiger charge is -2.08. The van der Waals surface area contributed by atoms with Crippen molar-refractivity contribution in [2.45, 2.75) is 20.3 Å². The third-order valence-corrected chi connectivity index (χ3v) is 3.94. The van der Waals surface area contributed by atoms with Crippen LogP contribution in [0.5, 0.6) is 5.75 Å². The first-order valence-corrected chi connectivity index (χ1v) is 8.76. The first-order valence-electron chi connectivity index (χ1n) is 8.38. The summed E-state index contributed by atoms with van der Waals surface area (Å²) in [5.41, 5.74) is 1.47. The lowest BCUT2D eigenvalue weighted by atomic mass is 10.1. The van der Waals surface area contributed by atoms with Gasteiger partial charge in [0, 0.05) is 11.2 Å². The third kappa shape index (κ3) is 4.70. The van der Waals surface area contributed by atoms with Crippen LogP contribution < -0.4 is 4.74 Å². The van der Waals surface area contributed by atoms with E-state index in [-0.39, 0.29) is 11.6 Å². The molecule has 0 N–H and O–H groups in total. The lowest BCUT2D eigenvalue weighted by Crippen LogP contribution is -2.07. The number of halogens is 1. The molecule has 0 saturated carbocycles. The number of rotatable bonds is 6. The van der Waals surface area contributed by atoms with Crippen LogP contribution in [0.1, 0.15) is 31.5 Å². The van der Waals surface area contributed by atoms with E-state index in [4.69, 9.17) is 21.1 Å². The molecule has 0 aliphatic carbocycles. The fraction of sp³-hybridized carbons (Fsp3) is 0.250. The Hall–Kier alpha value is -2.66. The normalized spacial score (nSPS) is 15.3. The second kappa shape index (κ2) is 8.15. The lowest BCUT2D eigenvalue weighted by molar-refractivity contribution is -0.129. The number of carbonyl (C=O) groups excluding carboxylic acids is 1. The largest absolute Gasteiger partial charge is 0.494 e. The van der Waals surface area contributed by atoms with Crippen molar-refractivity contribution >= 4 is 29.5 Å². The van der Waals surface area contributed by atoms with E-state index in [0.717, 1.165) is 17.7 Å². The molecule has 1 aliphatic rings. The maximum atomic E-state index is 12.0. The monoisotopic (exact) mass is 370 g/mol. The molecule has 0 amide bonds. The van der Waals surface area contributed by atoms with Gasteiger partial charge in [0.25, 0.3) is 0 Å². The Kier molecular flexibility index (Phi) is 5.68. The van der Waals surface area contributed by atoms with Crippen molar-refractivity contribution in [3.05, 3.63) is 64.6 Å². The number of benzene rings is 1. The molecule has 0 bridgehead atoms. The summed E-state index contributed by atoms with van der Waals surface area (Å²) in [7, 11) is 0. The molecule has 1 aromatic carbocycles. The Labute approximate surface area is 157 Å². The molecule has 2 aromatic rings. The van der Waals surface area contributed by atoms with E-state index in [1.165, 1.54) is 6.20 Å². The van der Waals surface area contributed by atoms with E-state index in [9.17, 15) is 4.79 Å². The average Bonchev–Trinajstić information content (AvgIpc) is 2.97. The van der Waals surface area contributed by atoms with E-state index >= 15 is 0 Å². The molecule has 1 aliphatic heterocycles. The highest BCUT2D eigenvalue weighted by Gasteiger charge is 2.25. The van der Waals surface area contributed by atoms with Crippen LogP contribution in [0, 0.1) is 5.92 Å². The first-order chi connectivity index (χ1) is 12.5. The number of hydrogen-bond donors (Lipinski definition) is 0. The minimum Gasteiger partial charge on any atom is -0.494 e. The van der Waals surface area contributed by atoms with E-state index in [0.29, 0.717) is 23.2 Å². The van der Waals surface area contributed by atoms with Crippen LogP contribution in [0.4, 0.5) is 0 Å². The van der Waals surface area contributed by atoms with Crippen molar-refractivity contribution in [2.75, 3.05) is 6.61 Å². The van der Waals surface area contributed by atoms with Crippen LogP contribution in [-0.2, 0) is 9.53 Å². The number of ether oxygens (including phenoxy) is 2. The van der Waals surface area contributed by atoms with Gasteiger partial charge in [-0.2, -0.15) is 0 Å². The van der Waals surface area contributed by atoms with Gasteiger partial charge in [0.2, 0.25) is 5.90 Å². The van der Waals surface area contributed by atoms with Gasteiger partial charge in [0.1, 0.15) is 11.4 Å². The Morgan fingerprint density at radius 3 is 2.69 bits per heavy atom. The van der Waals surface area contributed by atoms with Crippen LogP contribution in [0.3, 0.4) is 0 Å². The number of pyridine rings is 1. The zero-order valence-electron chi connectivity index (χ0n) is 14.6. The van der Waals surface area contributed by atoms with Gasteiger partial charge in [-0.3, -0.25) is 4.98 Å². The summed E-state index contributed by atoms with van der Waals surface area (Å²) >= 11 is 5.93. The van der Waals surface area contributed by atoms with Gasteiger partial charge in [-0.15, -0.1) is 0 Å². The molecule has 3 rings (SSSR count). The molecule has 0 atom stereocenters. The Morgan fingerprint density at radius 2 is 2.00 bits per heavy atom. The van der Waals surface area contributed by atoms with Crippen molar-refractivity contribution in [1.82, 2.24) is 4.98 Å². The summed E-state index contributed by atoms with van der Waals surface area (Å²) < 4.78 is 10.9. The summed E-state index contributed by atoms with van der Waals surface area (Å²) in [6.07, 6.45) is 4.21. The minimum atomic E-state index is -0.515. The van der Waals surface area contributed by atoms with Crippen molar-refractivity contribution in [2.24, 2.45) is 10.9 Å². The molecule has 6 heteroatoms. The van der Waals surface area contributed by atoms with E-state index in [2.05, 4.69) is 23.8 Å². The highest BCUT2D eigenvalue weighted by atomic mass is 35.5. The summed E-state index contributed by atoms with van der Waals surface area (Å²) in [4.78, 5) is 20.4. The van der Waals surface area contributed by atoms with Crippen molar-refractivity contribution < 1.29 is 14.3 Å². The fourth-order valence-electron chi connectivity index (χ4n) is 2.27. The molecule has 0 fully saturated rings. The van der Waals surface area contributed by atoms with Gasteiger partial charge in [-0.25, -0.2) is 9.79 Å². The number of aromatic nitrogens is 1. The molecule has 134 valence electrons. The second-order valence-electron chi connectivity index (χ2n) is 6.30. The van der Waals surface area contributed by atoms with Gasteiger partial charge >= 0.3 is 5.97 Å². The summed E-state index contributed by atoms with van der Waals surface area (Å²) in [5.74, 6) is 1.04. The van der Waals surface area contributed by atoms with Crippen LogP contribution in [0.15, 0.2) is 53.3 Å². The molecule has 0 unspecified atom stereocenters. The first kappa shape index (κ1) is 18.1. The van der Waals surface area contributed by atoms with Gasteiger partial charge < -0.3 is 9.47 Å². The summed E-state index contributed by atoms with van der Waals surface area (Å²) in [6.45, 7) is 5.00. The van der Waals surface area contributed by atoms with E-state index < -0.39 is 5.97 Å². The molecule has 0 spiro atoms. The molecular weight excluding hydrogens is 352 g/mol. The number of aliphatic imine (C=N–C) groups is 1. The standard InChI is InChI=1S/C20H19ClN2O3/c1-13(2)8-10-25-16-5-3-14(4-6-16)11-18-20(24)26-19(23-18)17-12-15(21)7-9-22-17/h3-7,9,11-13H,8,10H2,1-2H3/b18-11-. The van der Waals surface area contributed by atoms with Crippen LogP contribution in [0.25, 0.3) is 6.08 Å². The highest BCUT2D eigenvalue weighted by molar-refractivity contribution is 6.31. The molecule has 1 aromatic heterocycles. The van der Waals surface area contributed by atoms with Crippen LogP contribution >= 0.6 is 11.6 Å². The number of hydrogen-bond acceptors (Lipinski definition) is 5. The average molecular weight is 371 g/mol. The summed E-state index contributed by atoms with van der Waals surface area (Å²) in [6, 6.07) is 10.7. The Balaban J connectivity index is 1.72. The smallest absolute Gasteiger partial charge is 0.363 e. The predicted molar refractivity (Wildman–Crippen MR) is 101 cm³/mol. The van der Waals surface area contributed by atoms with Crippen molar-refractivity contribution in [3.8, 4) is 5.75 Å². The van der Waals surface area contributed by atoms with Gasteiger partial charge in [-0.05, 0) is 48.2 Å². The van der Waals surface area contributed by atoms with Gasteiger partial charge in [0.05, 0.1) is 6.61 Å². The molecule has 2 heterocycles. The van der Waals surface area contributed by atoms with E-state index in [1.807, 2.05) is 24.3 Å². The number of nitrogens with zero attached hydrogens (tertiary/aromatic N) is 2. The zero-order chi connectivity index (χ0) is 18.5. The fourth-order valence-corrected chi connectivity index (χ4v) is 2.43. The topological polar surface area (TPSA) is 60.8 Å². The van der Waals surface area contributed by atoms with Crippen molar-refractivity contribution in [1.29, 1.82) is 0 Å².